The Kier molecular flexibility index (Phi) is 28.6. The van der Waals surface area contributed by atoms with Gasteiger partial charge >= 0.3 is 37.7 Å². The molecular weight excluding hydrogens is 825 g/mol. The summed E-state index contributed by atoms with van der Waals surface area (Å²) in [5.41, 5.74) is 5.11. The number of benzene rings is 4. The van der Waals surface area contributed by atoms with Crippen LogP contribution in [-0.2, 0) is 45.9 Å². The van der Waals surface area contributed by atoms with Crippen molar-refractivity contribution in [2.45, 2.75) is 217 Å². The van der Waals surface area contributed by atoms with E-state index in [0.29, 0.717) is 0 Å². The zero-order valence-electron chi connectivity index (χ0n) is 38.5. The van der Waals surface area contributed by atoms with Gasteiger partial charge in [0.1, 0.15) is 20.2 Å². The van der Waals surface area contributed by atoms with Crippen LogP contribution in [-0.4, -0.2) is 63.7 Å². The molecule has 336 valence electrons. The first-order valence-corrected chi connectivity index (χ1v) is 26.8. The molecule has 0 aromatic heterocycles. The molecule has 0 aliphatic heterocycles. The van der Waals surface area contributed by atoms with Crippen LogP contribution >= 0.6 is 0 Å². The Bertz CT molecular complexity index is 1900. The van der Waals surface area contributed by atoms with Gasteiger partial charge in [0.05, 0.1) is 9.79 Å². The van der Waals surface area contributed by atoms with E-state index in [2.05, 4.69) is 52.0 Å². The normalized spacial score (nSPS) is 11.8. The summed E-state index contributed by atoms with van der Waals surface area (Å²) in [5, 5.41) is 3.94. The molecule has 0 heterocycles. The van der Waals surface area contributed by atoms with Crippen molar-refractivity contribution >= 4 is 79.5 Å². The van der Waals surface area contributed by atoms with Gasteiger partial charge in [-0.1, -0.05) is 193 Å². The maximum atomic E-state index is 11.5. The van der Waals surface area contributed by atoms with E-state index in [-0.39, 0.29) is 47.5 Å². The van der Waals surface area contributed by atoms with E-state index in [1.165, 1.54) is 163 Å². The van der Waals surface area contributed by atoms with Crippen molar-refractivity contribution in [2.24, 2.45) is 0 Å². The summed E-state index contributed by atoms with van der Waals surface area (Å²) in [4.78, 5) is -0.255. The quantitative estimate of drug-likeness (QED) is 0.0292. The molecule has 0 amide bonds. The third-order valence-electron chi connectivity index (χ3n) is 12.0. The molecule has 0 aliphatic rings. The van der Waals surface area contributed by atoms with Crippen LogP contribution in [0.2, 0.25) is 0 Å². The smallest absolute Gasteiger partial charge is 0.744 e. The Morgan fingerprint density at radius 1 is 0.361 bits per heavy atom. The Balaban J connectivity index is 0.000000413. The van der Waals surface area contributed by atoms with E-state index < -0.39 is 20.2 Å². The predicted molar refractivity (Wildman–Crippen MR) is 258 cm³/mol. The molecule has 0 bridgehead atoms. The van der Waals surface area contributed by atoms with Crippen molar-refractivity contribution < 1.29 is 25.9 Å². The van der Waals surface area contributed by atoms with Gasteiger partial charge in [-0.2, -0.15) is 0 Å². The van der Waals surface area contributed by atoms with Crippen molar-refractivity contribution in [3.05, 3.63) is 82.9 Å². The van der Waals surface area contributed by atoms with Crippen LogP contribution in [0.3, 0.4) is 0 Å². The molecule has 4 aromatic rings. The van der Waals surface area contributed by atoms with Crippen molar-refractivity contribution in [1.82, 2.24) is 0 Å². The van der Waals surface area contributed by atoms with E-state index >= 15 is 0 Å². The minimum absolute atomic E-state index is 0. The molecule has 0 unspecified atom stereocenters. The molecule has 0 atom stereocenters. The van der Waals surface area contributed by atoms with Crippen LogP contribution in [0, 0.1) is 0 Å². The molecule has 6 nitrogen and oxygen atoms in total. The van der Waals surface area contributed by atoms with E-state index in [4.69, 9.17) is 0 Å². The summed E-state index contributed by atoms with van der Waals surface area (Å²) < 4.78 is 68.9. The maximum Gasteiger partial charge on any atom is 2.00 e. The first-order chi connectivity index (χ1) is 28.9. The van der Waals surface area contributed by atoms with Crippen LogP contribution in [0.15, 0.2) is 70.5 Å². The average molecular weight is 903 g/mol. The van der Waals surface area contributed by atoms with E-state index in [1.807, 2.05) is 12.1 Å². The van der Waals surface area contributed by atoms with Crippen LogP contribution < -0.4 is 0 Å². The van der Waals surface area contributed by atoms with Gasteiger partial charge in [0, 0.05) is 0 Å². The number of hydrogen-bond acceptors (Lipinski definition) is 6. The Morgan fingerprint density at radius 3 is 0.934 bits per heavy atom. The van der Waals surface area contributed by atoms with Gasteiger partial charge in [0.25, 0.3) is 0 Å². The second-order valence-electron chi connectivity index (χ2n) is 17.3. The van der Waals surface area contributed by atoms with E-state index in [1.54, 1.807) is 12.1 Å². The van der Waals surface area contributed by atoms with Gasteiger partial charge in [-0.3, -0.25) is 0 Å². The molecule has 4 rings (SSSR count). The molecule has 4 aromatic carbocycles. The Morgan fingerprint density at radius 2 is 0.639 bits per heavy atom. The fraction of sp³-hybridized carbons (Fsp3) is 0.615. The molecule has 0 aliphatic carbocycles. The number of unbranched alkanes of at least 4 members (excludes halogenated alkanes) is 20. The van der Waals surface area contributed by atoms with Gasteiger partial charge in [-0.25, -0.2) is 16.8 Å². The zero-order chi connectivity index (χ0) is 43.6. The van der Waals surface area contributed by atoms with E-state index in [0.717, 1.165) is 72.9 Å². The molecule has 9 heteroatoms. The summed E-state index contributed by atoms with van der Waals surface area (Å²) in [7, 11) is -8.86. The number of aryl methyl sites for hydroxylation is 4. The van der Waals surface area contributed by atoms with Crippen molar-refractivity contribution in [2.75, 3.05) is 0 Å². The topological polar surface area (TPSA) is 114 Å². The Labute approximate surface area is 402 Å². The molecule has 0 fully saturated rings. The summed E-state index contributed by atoms with van der Waals surface area (Å²) in [6.07, 6.45) is 34.2. The third kappa shape index (κ3) is 21.8. The molecule has 0 radical (unpaired) electrons. The minimum atomic E-state index is -4.43. The monoisotopic (exact) mass is 902 g/mol. The summed E-state index contributed by atoms with van der Waals surface area (Å²) in [6.45, 7) is 8.93. The SMILES string of the molecule is CCCCCCCCc1cc(CCCCCCCC)c2ccc(S(=O)(=O)[O-])cc2c1.CCCCCCCCc1cc(CCCCCCCC)c2ccc(S(=O)(=O)[O-])cc2c1.[Ca+2]. The fourth-order valence-corrected chi connectivity index (χ4v) is 9.43. The molecular formula is C52H78CaO6S2. The van der Waals surface area contributed by atoms with Crippen LogP contribution in [0.1, 0.15) is 204 Å². The van der Waals surface area contributed by atoms with E-state index in [9.17, 15) is 25.9 Å². The summed E-state index contributed by atoms with van der Waals surface area (Å²) in [6, 6.07) is 18.5. The first-order valence-electron chi connectivity index (χ1n) is 23.9. The van der Waals surface area contributed by atoms with Crippen LogP contribution in [0.5, 0.6) is 0 Å². The van der Waals surface area contributed by atoms with Gasteiger partial charge in [0.15, 0.2) is 0 Å². The van der Waals surface area contributed by atoms with Crippen molar-refractivity contribution in [3.63, 3.8) is 0 Å². The minimum Gasteiger partial charge on any atom is -0.744 e. The molecule has 0 N–H and O–H groups in total. The Hall–Kier alpha value is -1.52. The largest absolute Gasteiger partial charge is 2.00 e. The second kappa shape index (κ2) is 31.4. The second-order valence-corrected chi connectivity index (χ2v) is 20.0. The number of fused-ring (bicyclic) bond motifs is 2. The molecule has 0 saturated heterocycles. The van der Waals surface area contributed by atoms with Crippen LogP contribution in [0.4, 0.5) is 0 Å². The first kappa shape index (κ1) is 55.6. The number of hydrogen-bond donors (Lipinski definition) is 0. The van der Waals surface area contributed by atoms with Crippen LogP contribution in [0.25, 0.3) is 21.5 Å². The molecule has 0 spiro atoms. The van der Waals surface area contributed by atoms with Gasteiger partial charge in [0.2, 0.25) is 0 Å². The standard InChI is InChI=1S/2C26H40O3S.Ca/c2*1-3-5-7-9-11-13-15-22-19-23(16-14-12-10-8-6-4-2)26-18-17-25(30(27,28)29)21-24(26)20-22;/h2*17-21H,3-16H2,1-2H3,(H,27,28,29);/q;;+2/p-2. The maximum absolute atomic E-state index is 11.5. The molecule has 0 saturated carbocycles. The van der Waals surface area contributed by atoms with Gasteiger partial charge in [-0.05, 0) is 119 Å². The van der Waals surface area contributed by atoms with Crippen molar-refractivity contribution in [3.8, 4) is 0 Å². The summed E-state index contributed by atoms with van der Waals surface area (Å²) >= 11 is 0. The summed E-state index contributed by atoms with van der Waals surface area (Å²) in [5.74, 6) is 0. The van der Waals surface area contributed by atoms with Gasteiger partial charge in [-0.15, -0.1) is 0 Å². The molecule has 61 heavy (non-hydrogen) atoms. The van der Waals surface area contributed by atoms with Gasteiger partial charge < -0.3 is 9.11 Å². The van der Waals surface area contributed by atoms with Crippen molar-refractivity contribution in [1.29, 1.82) is 0 Å². The predicted octanol–water partition coefficient (Wildman–Crippen LogP) is 14.7. The zero-order valence-corrected chi connectivity index (χ0v) is 42.4. The average Bonchev–Trinajstić information content (AvgIpc) is 3.22. The fourth-order valence-electron chi connectivity index (χ4n) is 8.42. The number of rotatable bonds is 30. The third-order valence-corrected chi connectivity index (χ3v) is 13.6.